The first-order valence-corrected chi connectivity index (χ1v) is 7.80. The standard InChI is InChI=1S/C19H23NO2/c1-12-10-13(2)16-18(3,4)17(19(16,5)11-12)14-6-8-15(9-7-14)20(21)22/h6-11,16-17H,1-5H3/t16-,17-,19-/m0/s1. The molecule has 22 heavy (non-hydrogen) atoms. The molecule has 0 heterocycles. The van der Waals surface area contributed by atoms with Crippen LogP contribution < -0.4 is 0 Å². The van der Waals surface area contributed by atoms with E-state index in [1.54, 1.807) is 12.1 Å². The van der Waals surface area contributed by atoms with Gasteiger partial charge in [-0.2, -0.15) is 0 Å². The minimum atomic E-state index is -0.336. The Morgan fingerprint density at radius 1 is 1.05 bits per heavy atom. The number of benzene rings is 1. The molecule has 2 aliphatic rings. The molecule has 0 amide bonds. The second-order valence-corrected chi connectivity index (χ2v) is 7.68. The number of rotatable bonds is 2. The van der Waals surface area contributed by atoms with Crippen LogP contribution in [-0.2, 0) is 0 Å². The Morgan fingerprint density at radius 2 is 1.64 bits per heavy atom. The number of nitro benzene ring substituents is 1. The maximum Gasteiger partial charge on any atom is 0.269 e. The van der Waals surface area contributed by atoms with Crippen LogP contribution in [0.3, 0.4) is 0 Å². The Morgan fingerprint density at radius 3 is 2.18 bits per heavy atom. The normalized spacial score (nSPS) is 32.4. The van der Waals surface area contributed by atoms with Gasteiger partial charge in [0.15, 0.2) is 0 Å². The Kier molecular flexibility index (Phi) is 3.10. The third kappa shape index (κ3) is 1.88. The van der Waals surface area contributed by atoms with Gasteiger partial charge in [-0.25, -0.2) is 0 Å². The molecule has 0 N–H and O–H groups in total. The zero-order chi connectivity index (χ0) is 16.3. The zero-order valence-corrected chi connectivity index (χ0v) is 13.9. The number of fused-ring (bicyclic) bond motifs is 1. The van der Waals surface area contributed by atoms with Crippen molar-refractivity contribution in [2.45, 2.75) is 40.5 Å². The van der Waals surface area contributed by atoms with Gasteiger partial charge < -0.3 is 0 Å². The van der Waals surface area contributed by atoms with E-state index in [1.165, 1.54) is 16.7 Å². The van der Waals surface area contributed by atoms with Gasteiger partial charge in [0.1, 0.15) is 0 Å². The lowest BCUT2D eigenvalue weighted by atomic mass is 9.37. The molecule has 3 nitrogen and oxygen atoms in total. The van der Waals surface area contributed by atoms with E-state index in [0.29, 0.717) is 11.8 Å². The summed E-state index contributed by atoms with van der Waals surface area (Å²) in [4.78, 5) is 10.5. The highest BCUT2D eigenvalue weighted by Gasteiger charge is 2.64. The highest BCUT2D eigenvalue weighted by Crippen LogP contribution is 2.72. The average Bonchev–Trinajstić information content (AvgIpc) is 2.36. The molecule has 0 aliphatic heterocycles. The fourth-order valence-corrected chi connectivity index (χ4v) is 5.64. The summed E-state index contributed by atoms with van der Waals surface area (Å²) in [6, 6.07) is 7.13. The highest BCUT2D eigenvalue weighted by atomic mass is 16.6. The van der Waals surface area contributed by atoms with Crippen molar-refractivity contribution in [2.75, 3.05) is 0 Å². The molecule has 0 radical (unpaired) electrons. The molecule has 1 fully saturated rings. The van der Waals surface area contributed by atoms with Gasteiger partial charge in [0.25, 0.3) is 5.69 Å². The van der Waals surface area contributed by atoms with Crippen molar-refractivity contribution >= 4 is 5.69 Å². The maximum absolute atomic E-state index is 10.9. The predicted octanol–water partition coefficient (Wildman–Crippen LogP) is 5.25. The van der Waals surface area contributed by atoms with Crippen LogP contribution in [0, 0.1) is 26.9 Å². The first kappa shape index (κ1) is 15.0. The molecule has 0 saturated heterocycles. The van der Waals surface area contributed by atoms with E-state index < -0.39 is 0 Å². The molecule has 1 aromatic rings. The monoisotopic (exact) mass is 297 g/mol. The topological polar surface area (TPSA) is 43.1 Å². The van der Waals surface area contributed by atoms with Gasteiger partial charge in [-0.05, 0) is 36.7 Å². The number of nitrogens with zero attached hydrogens (tertiary/aromatic N) is 1. The number of nitro groups is 1. The van der Waals surface area contributed by atoms with E-state index in [4.69, 9.17) is 0 Å². The third-order valence-corrected chi connectivity index (χ3v) is 5.62. The van der Waals surface area contributed by atoms with Crippen LogP contribution in [-0.4, -0.2) is 4.92 Å². The van der Waals surface area contributed by atoms with E-state index in [9.17, 15) is 10.1 Å². The van der Waals surface area contributed by atoms with E-state index in [0.717, 1.165) is 0 Å². The number of non-ortho nitro benzene ring substituents is 1. The summed E-state index contributed by atoms with van der Waals surface area (Å²) >= 11 is 0. The molecule has 116 valence electrons. The predicted molar refractivity (Wildman–Crippen MR) is 88.7 cm³/mol. The Labute approximate surface area is 131 Å². The quantitative estimate of drug-likeness (QED) is 0.553. The van der Waals surface area contributed by atoms with Gasteiger partial charge >= 0.3 is 0 Å². The van der Waals surface area contributed by atoms with Crippen LogP contribution in [0.25, 0.3) is 0 Å². The molecule has 0 unspecified atom stereocenters. The lowest BCUT2D eigenvalue weighted by Crippen LogP contribution is -2.59. The van der Waals surface area contributed by atoms with Crippen LogP contribution in [0.2, 0.25) is 0 Å². The van der Waals surface area contributed by atoms with Crippen molar-refractivity contribution in [1.82, 2.24) is 0 Å². The second kappa shape index (κ2) is 4.55. The van der Waals surface area contributed by atoms with Gasteiger partial charge in [0.2, 0.25) is 0 Å². The van der Waals surface area contributed by atoms with Crippen LogP contribution in [0.1, 0.15) is 46.1 Å². The van der Waals surface area contributed by atoms with E-state index in [1.807, 2.05) is 12.1 Å². The lowest BCUT2D eigenvalue weighted by molar-refractivity contribution is -0.384. The van der Waals surface area contributed by atoms with Crippen molar-refractivity contribution in [3.8, 4) is 0 Å². The molecule has 3 atom stereocenters. The summed E-state index contributed by atoms with van der Waals surface area (Å²) in [5, 5.41) is 10.9. The minimum absolute atomic E-state index is 0.0998. The van der Waals surface area contributed by atoms with Gasteiger partial charge in [0, 0.05) is 17.5 Å². The molecule has 3 heteroatoms. The summed E-state index contributed by atoms with van der Waals surface area (Å²) in [7, 11) is 0. The summed E-state index contributed by atoms with van der Waals surface area (Å²) in [6.07, 6.45) is 4.68. The summed E-state index contributed by atoms with van der Waals surface area (Å²) in [6.45, 7) is 11.3. The van der Waals surface area contributed by atoms with E-state index in [-0.39, 0.29) is 21.4 Å². The van der Waals surface area contributed by atoms with Crippen LogP contribution in [0.5, 0.6) is 0 Å². The molecule has 2 aliphatic carbocycles. The van der Waals surface area contributed by atoms with Gasteiger partial charge in [-0.15, -0.1) is 0 Å². The highest BCUT2D eigenvalue weighted by molar-refractivity contribution is 5.46. The summed E-state index contributed by atoms with van der Waals surface area (Å²) in [5.41, 5.74) is 4.39. The smallest absolute Gasteiger partial charge is 0.258 e. The third-order valence-electron chi connectivity index (χ3n) is 5.62. The fraction of sp³-hybridized carbons (Fsp3) is 0.474. The van der Waals surface area contributed by atoms with Crippen LogP contribution in [0.15, 0.2) is 47.6 Å². The average molecular weight is 297 g/mol. The molecular weight excluding hydrogens is 274 g/mol. The number of hydrogen-bond donors (Lipinski definition) is 0. The molecule has 0 bridgehead atoms. The maximum atomic E-state index is 10.9. The Bertz CT molecular complexity index is 697. The Hall–Kier alpha value is -1.90. The Balaban J connectivity index is 2.04. The van der Waals surface area contributed by atoms with E-state index in [2.05, 4.69) is 46.8 Å². The molecule has 1 saturated carbocycles. The van der Waals surface area contributed by atoms with Crippen LogP contribution in [0.4, 0.5) is 5.69 Å². The molecule has 0 aromatic heterocycles. The van der Waals surface area contributed by atoms with E-state index >= 15 is 0 Å². The SMILES string of the molecule is CC1=C[C@@]2(C)[C@@H](C(C)=C1)C(C)(C)[C@@H]2c1ccc([N+](=O)[O-])cc1. The number of hydrogen-bond acceptors (Lipinski definition) is 2. The molecular formula is C19H23NO2. The summed E-state index contributed by atoms with van der Waals surface area (Å²) in [5.74, 6) is 0.910. The van der Waals surface area contributed by atoms with Crippen molar-refractivity contribution in [3.05, 3.63) is 63.2 Å². The number of allylic oxidation sites excluding steroid dienone is 4. The fourth-order valence-electron chi connectivity index (χ4n) is 5.64. The zero-order valence-electron chi connectivity index (χ0n) is 13.9. The first-order chi connectivity index (χ1) is 10.2. The molecule has 3 rings (SSSR count). The van der Waals surface area contributed by atoms with Crippen molar-refractivity contribution in [2.24, 2.45) is 16.7 Å². The van der Waals surface area contributed by atoms with Crippen LogP contribution >= 0.6 is 0 Å². The summed E-state index contributed by atoms with van der Waals surface area (Å²) < 4.78 is 0. The first-order valence-electron chi connectivity index (χ1n) is 7.80. The minimum Gasteiger partial charge on any atom is -0.258 e. The second-order valence-electron chi connectivity index (χ2n) is 7.68. The van der Waals surface area contributed by atoms with Crippen molar-refractivity contribution in [1.29, 1.82) is 0 Å². The molecule has 0 spiro atoms. The lowest BCUT2D eigenvalue weighted by Gasteiger charge is -2.67. The van der Waals surface area contributed by atoms with Gasteiger partial charge in [0.05, 0.1) is 4.92 Å². The van der Waals surface area contributed by atoms with Gasteiger partial charge in [-0.3, -0.25) is 10.1 Å². The van der Waals surface area contributed by atoms with Crippen molar-refractivity contribution in [3.63, 3.8) is 0 Å². The van der Waals surface area contributed by atoms with Gasteiger partial charge in [-0.1, -0.05) is 56.2 Å². The largest absolute Gasteiger partial charge is 0.269 e. The van der Waals surface area contributed by atoms with Crippen molar-refractivity contribution < 1.29 is 4.92 Å². The molecule has 1 aromatic carbocycles.